The Bertz CT molecular complexity index is 924. The first kappa shape index (κ1) is 18.1. The summed E-state index contributed by atoms with van der Waals surface area (Å²) in [5, 5.41) is 2.84. The van der Waals surface area contributed by atoms with Gasteiger partial charge in [0.15, 0.2) is 15.7 Å². The SMILES string of the molecule is CN(C(=O)Nc1ccc(-c2nc(N)cc(CS(C)(=O)=O)n2)cc1)C1CC1. The quantitative estimate of drug-likeness (QED) is 0.824. The van der Waals surface area contributed by atoms with Gasteiger partial charge in [-0.25, -0.2) is 23.2 Å². The number of nitrogens with zero attached hydrogens (tertiary/aromatic N) is 3. The molecule has 0 spiro atoms. The standard InChI is InChI=1S/C17H21N5O3S/c1-22(14-7-8-14)17(23)20-12-5-3-11(4-6-12)16-19-13(9-15(18)21-16)10-26(2,24)25/h3-6,9,14H,7-8,10H2,1-2H3,(H,20,23)(H2,18,19,21). The molecule has 26 heavy (non-hydrogen) atoms. The van der Waals surface area contributed by atoms with E-state index in [2.05, 4.69) is 15.3 Å². The molecule has 1 aliphatic rings. The van der Waals surface area contributed by atoms with Gasteiger partial charge in [0, 0.05) is 36.7 Å². The second kappa shape index (κ2) is 6.91. The molecular weight excluding hydrogens is 354 g/mol. The average Bonchev–Trinajstić information content (AvgIpc) is 3.37. The normalized spacial score (nSPS) is 14.1. The number of hydrogen-bond acceptors (Lipinski definition) is 6. The Morgan fingerprint density at radius 2 is 1.92 bits per heavy atom. The van der Waals surface area contributed by atoms with Gasteiger partial charge in [-0.05, 0) is 37.1 Å². The van der Waals surface area contributed by atoms with E-state index in [1.165, 1.54) is 6.07 Å². The van der Waals surface area contributed by atoms with Crippen molar-refractivity contribution in [2.75, 3.05) is 24.4 Å². The molecule has 1 heterocycles. The number of sulfone groups is 1. The maximum Gasteiger partial charge on any atom is 0.321 e. The molecule has 0 saturated heterocycles. The molecule has 1 aromatic carbocycles. The minimum absolute atomic E-state index is 0.143. The van der Waals surface area contributed by atoms with Crippen molar-refractivity contribution in [1.29, 1.82) is 0 Å². The summed E-state index contributed by atoms with van der Waals surface area (Å²) < 4.78 is 22.9. The van der Waals surface area contributed by atoms with E-state index in [1.54, 1.807) is 36.2 Å². The van der Waals surface area contributed by atoms with E-state index in [1.807, 2.05) is 0 Å². The highest BCUT2D eigenvalue weighted by Gasteiger charge is 2.29. The fourth-order valence-electron chi connectivity index (χ4n) is 2.53. The maximum absolute atomic E-state index is 12.1. The molecule has 1 aliphatic carbocycles. The summed E-state index contributed by atoms with van der Waals surface area (Å²) in [5.41, 5.74) is 7.46. The largest absolute Gasteiger partial charge is 0.384 e. The van der Waals surface area contributed by atoms with Crippen molar-refractivity contribution in [3.63, 3.8) is 0 Å². The van der Waals surface area contributed by atoms with Crippen molar-refractivity contribution < 1.29 is 13.2 Å². The number of rotatable bonds is 5. The number of nitrogens with one attached hydrogen (secondary N) is 1. The predicted octanol–water partition coefficient (Wildman–Crippen LogP) is 1.90. The van der Waals surface area contributed by atoms with E-state index >= 15 is 0 Å². The minimum Gasteiger partial charge on any atom is -0.384 e. The third kappa shape index (κ3) is 4.69. The fourth-order valence-corrected chi connectivity index (χ4v) is 3.22. The first-order valence-corrected chi connectivity index (χ1v) is 10.2. The van der Waals surface area contributed by atoms with E-state index < -0.39 is 9.84 Å². The fraction of sp³-hybridized carbons (Fsp3) is 0.353. The van der Waals surface area contributed by atoms with Crippen molar-refractivity contribution in [1.82, 2.24) is 14.9 Å². The number of carbonyl (C=O) groups is 1. The first-order chi connectivity index (χ1) is 12.2. The number of nitrogens with two attached hydrogens (primary N) is 1. The zero-order valence-corrected chi connectivity index (χ0v) is 15.5. The molecule has 3 rings (SSSR count). The number of urea groups is 1. The van der Waals surface area contributed by atoms with Gasteiger partial charge in [-0.15, -0.1) is 0 Å². The highest BCUT2D eigenvalue weighted by molar-refractivity contribution is 7.89. The Balaban J connectivity index is 1.76. The summed E-state index contributed by atoms with van der Waals surface area (Å²) in [6.45, 7) is 0. The van der Waals surface area contributed by atoms with Crippen LogP contribution in [0, 0.1) is 0 Å². The van der Waals surface area contributed by atoms with Crippen LogP contribution in [0.5, 0.6) is 0 Å². The maximum atomic E-state index is 12.1. The lowest BCUT2D eigenvalue weighted by Gasteiger charge is -2.17. The van der Waals surface area contributed by atoms with Crippen molar-refractivity contribution in [2.24, 2.45) is 0 Å². The zero-order chi connectivity index (χ0) is 18.9. The molecule has 0 radical (unpaired) electrons. The van der Waals surface area contributed by atoms with Crippen LogP contribution >= 0.6 is 0 Å². The average molecular weight is 375 g/mol. The van der Waals surface area contributed by atoms with Gasteiger partial charge in [-0.1, -0.05) is 0 Å². The number of hydrogen-bond donors (Lipinski definition) is 2. The van der Waals surface area contributed by atoms with Crippen molar-refractivity contribution in [3.05, 3.63) is 36.0 Å². The Morgan fingerprint density at radius 3 is 2.50 bits per heavy atom. The molecule has 0 unspecified atom stereocenters. The number of carbonyl (C=O) groups excluding carboxylic acids is 1. The third-order valence-electron chi connectivity index (χ3n) is 4.02. The molecule has 0 atom stereocenters. The van der Waals surface area contributed by atoms with Crippen LogP contribution < -0.4 is 11.1 Å². The Kier molecular flexibility index (Phi) is 4.82. The van der Waals surface area contributed by atoms with Crippen LogP contribution in [0.1, 0.15) is 18.5 Å². The number of aromatic nitrogens is 2. The molecule has 138 valence electrons. The van der Waals surface area contributed by atoms with Crippen molar-refractivity contribution >= 4 is 27.4 Å². The van der Waals surface area contributed by atoms with Crippen LogP contribution in [-0.2, 0) is 15.6 Å². The van der Waals surface area contributed by atoms with Crippen molar-refractivity contribution in [2.45, 2.75) is 24.6 Å². The van der Waals surface area contributed by atoms with Gasteiger partial charge < -0.3 is 16.0 Å². The number of anilines is 2. The van der Waals surface area contributed by atoms with Gasteiger partial charge in [-0.2, -0.15) is 0 Å². The molecule has 3 N–H and O–H groups in total. The smallest absolute Gasteiger partial charge is 0.321 e. The van der Waals surface area contributed by atoms with Gasteiger partial charge in [0.2, 0.25) is 0 Å². The second-order valence-electron chi connectivity index (χ2n) is 6.53. The van der Waals surface area contributed by atoms with E-state index in [0.717, 1.165) is 19.1 Å². The molecule has 2 aromatic rings. The highest BCUT2D eigenvalue weighted by atomic mass is 32.2. The Labute approximate surface area is 152 Å². The van der Waals surface area contributed by atoms with Gasteiger partial charge in [-0.3, -0.25) is 0 Å². The lowest BCUT2D eigenvalue weighted by Crippen LogP contribution is -2.32. The molecule has 8 nitrogen and oxygen atoms in total. The van der Waals surface area contributed by atoms with E-state index in [9.17, 15) is 13.2 Å². The molecule has 1 aromatic heterocycles. The zero-order valence-electron chi connectivity index (χ0n) is 14.6. The topological polar surface area (TPSA) is 118 Å². The van der Waals surface area contributed by atoms with Gasteiger partial charge in [0.1, 0.15) is 5.82 Å². The monoisotopic (exact) mass is 375 g/mol. The van der Waals surface area contributed by atoms with Crippen LogP contribution in [0.4, 0.5) is 16.3 Å². The molecule has 2 amide bonds. The molecular formula is C17H21N5O3S. The van der Waals surface area contributed by atoms with E-state index in [4.69, 9.17) is 5.73 Å². The van der Waals surface area contributed by atoms with Crippen LogP contribution in [-0.4, -0.2) is 48.7 Å². The molecule has 0 bridgehead atoms. The summed E-state index contributed by atoms with van der Waals surface area (Å²) in [5.74, 6) is 0.350. The summed E-state index contributed by atoms with van der Waals surface area (Å²) in [4.78, 5) is 22.2. The van der Waals surface area contributed by atoms with E-state index in [-0.39, 0.29) is 17.6 Å². The van der Waals surface area contributed by atoms with Crippen LogP contribution in [0.3, 0.4) is 0 Å². The summed E-state index contributed by atoms with van der Waals surface area (Å²) in [7, 11) is -1.44. The Hall–Kier alpha value is -2.68. The van der Waals surface area contributed by atoms with Crippen molar-refractivity contribution in [3.8, 4) is 11.4 Å². The highest BCUT2D eigenvalue weighted by Crippen LogP contribution is 2.26. The molecule has 9 heteroatoms. The third-order valence-corrected chi connectivity index (χ3v) is 4.84. The molecule has 1 fully saturated rings. The minimum atomic E-state index is -3.22. The second-order valence-corrected chi connectivity index (χ2v) is 8.67. The van der Waals surface area contributed by atoms with Gasteiger partial charge >= 0.3 is 6.03 Å². The number of amides is 2. The predicted molar refractivity (Wildman–Crippen MR) is 100 cm³/mol. The first-order valence-electron chi connectivity index (χ1n) is 8.17. The summed E-state index contributed by atoms with van der Waals surface area (Å²) in [6, 6.07) is 8.65. The lowest BCUT2D eigenvalue weighted by molar-refractivity contribution is 0.220. The van der Waals surface area contributed by atoms with Crippen LogP contribution in [0.15, 0.2) is 30.3 Å². The lowest BCUT2D eigenvalue weighted by atomic mass is 10.2. The van der Waals surface area contributed by atoms with Gasteiger partial charge in [0.25, 0.3) is 0 Å². The molecule has 0 aliphatic heterocycles. The van der Waals surface area contributed by atoms with Crippen LogP contribution in [0.25, 0.3) is 11.4 Å². The summed E-state index contributed by atoms with van der Waals surface area (Å²) in [6.07, 6.45) is 3.23. The van der Waals surface area contributed by atoms with Crippen LogP contribution in [0.2, 0.25) is 0 Å². The number of nitrogen functional groups attached to an aromatic ring is 1. The molecule has 1 saturated carbocycles. The van der Waals surface area contributed by atoms with E-state index in [0.29, 0.717) is 28.8 Å². The summed E-state index contributed by atoms with van der Waals surface area (Å²) >= 11 is 0. The number of benzene rings is 1. The van der Waals surface area contributed by atoms with Gasteiger partial charge in [0.05, 0.1) is 11.4 Å². The Morgan fingerprint density at radius 1 is 1.27 bits per heavy atom.